The van der Waals surface area contributed by atoms with E-state index >= 15 is 0 Å². The number of rotatable bonds is 4. The third kappa shape index (κ3) is 5.22. The first kappa shape index (κ1) is 17.7. The Morgan fingerprint density at radius 1 is 1.09 bits per heavy atom. The summed E-state index contributed by atoms with van der Waals surface area (Å²) in [6.07, 6.45) is -9.98. The van der Waals surface area contributed by atoms with Gasteiger partial charge in [-0.15, -0.1) is 5.11 Å². The van der Waals surface area contributed by atoms with E-state index in [0.717, 1.165) is 12.1 Å². The second-order valence-electron chi connectivity index (χ2n) is 4.16. The van der Waals surface area contributed by atoms with E-state index in [9.17, 15) is 31.1 Å². The lowest BCUT2D eigenvalue weighted by Gasteiger charge is -2.12. The summed E-state index contributed by atoms with van der Waals surface area (Å²) in [5.74, 6) is -1.29. The maximum Gasteiger partial charge on any atom is 0.416 e. The van der Waals surface area contributed by atoms with Crippen molar-refractivity contribution < 1.29 is 36.2 Å². The molecule has 122 valence electrons. The molecule has 1 N–H and O–H groups in total. The van der Waals surface area contributed by atoms with Gasteiger partial charge in [0.25, 0.3) is 0 Å². The maximum atomic E-state index is 12.6. The molecule has 0 saturated heterocycles. The molecule has 0 aromatic heterocycles. The predicted octanol–water partition coefficient (Wildman–Crippen LogP) is 3.74. The number of likely N-dealkylation sites (N-methyl/N-ethyl adjacent to an activating group) is 1. The van der Waals surface area contributed by atoms with Crippen LogP contribution in [0.25, 0.3) is 0 Å². The molecule has 0 radical (unpaired) electrons. The Kier molecular flexibility index (Phi) is 4.99. The van der Waals surface area contributed by atoms with Crippen LogP contribution in [0.15, 0.2) is 28.5 Å². The molecule has 0 saturated carbocycles. The first-order valence-electron chi connectivity index (χ1n) is 5.53. The Bertz CT molecular complexity index is 550. The number of halogens is 6. The molecule has 0 unspecified atom stereocenters. The highest BCUT2D eigenvalue weighted by molar-refractivity contribution is 5.68. The molecule has 5 nitrogen and oxygen atoms in total. The van der Waals surface area contributed by atoms with Gasteiger partial charge in [-0.1, -0.05) is 5.22 Å². The highest BCUT2D eigenvalue weighted by Gasteiger charge is 2.37. The Balaban J connectivity index is 3.19. The second kappa shape index (κ2) is 6.20. The fourth-order valence-corrected chi connectivity index (χ4v) is 1.35. The Hall–Kier alpha value is -2.33. The van der Waals surface area contributed by atoms with Crippen molar-refractivity contribution in [2.45, 2.75) is 12.4 Å². The smallest absolute Gasteiger partial charge is 0.416 e. The minimum Gasteiger partial charge on any atom is -0.480 e. The topological polar surface area (TPSA) is 65.3 Å². The monoisotopic (exact) mass is 329 g/mol. The quantitative estimate of drug-likeness (QED) is 0.520. The molecule has 0 bridgehead atoms. The van der Waals surface area contributed by atoms with Gasteiger partial charge >= 0.3 is 18.3 Å². The molecule has 1 rings (SSSR count). The van der Waals surface area contributed by atoms with E-state index in [1.54, 1.807) is 0 Å². The zero-order valence-electron chi connectivity index (χ0n) is 10.9. The molecular formula is C11H9F6N3O2. The van der Waals surface area contributed by atoms with Crippen LogP contribution in [0.1, 0.15) is 11.1 Å². The van der Waals surface area contributed by atoms with Crippen molar-refractivity contribution in [3.8, 4) is 0 Å². The summed E-state index contributed by atoms with van der Waals surface area (Å²) < 4.78 is 75.5. The third-order valence-electron chi connectivity index (χ3n) is 2.25. The maximum absolute atomic E-state index is 12.6. The summed E-state index contributed by atoms with van der Waals surface area (Å²) in [5.41, 5.74) is -3.76. The molecule has 0 amide bonds. The van der Waals surface area contributed by atoms with Crippen LogP contribution in [-0.2, 0) is 17.1 Å². The summed E-state index contributed by atoms with van der Waals surface area (Å²) >= 11 is 0. The molecule has 0 aliphatic heterocycles. The summed E-state index contributed by atoms with van der Waals surface area (Å²) in [6.45, 7) is -0.616. The van der Waals surface area contributed by atoms with Crippen molar-refractivity contribution in [1.82, 2.24) is 5.01 Å². The number of carbonyl (C=O) groups is 1. The zero-order valence-corrected chi connectivity index (χ0v) is 10.9. The van der Waals surface area contributed by atoms with Gasteiger partial charge in [0.15, 0.2) is 0 Å². The molecule has 1 aromatic rings. The van der Waals surface area contributed by atoms with Crippen LogP contribution in [0.3, 0.4) is 0 Å². The number of carboxylic acids is 1. The summed E-state index contributed by atoms with van der Waals surface area (Å²) in [7, 11) is 1.15. The molecular weight excluding hydrogens is 320 g/mol. The lowest BCUT2D eigenvalue weighted by molar-refractivity contribution is -0.143. The molecule has 0 spiro atoms. The van der Waals surface area contributed by atoms with Crippen LogP contribution in [0, 0.1) is 0 Å². The summed E-state index contributed by atoms with van der Waals surface area (Å²) in [5, 5.41) is 15.6. The van der Waals surface area contributed by atoms with E-state index < -0.39 is 41.7 Å². The van der Waals surface area contributed by atoms with Crippen molar-refractivity contribution in [2.75, 3.05) is 13.6 Å². The van der Waals surface area contributed by atoms with Gasteiger partial charge in [0.05, 0.1) is 16.8 Å². The van der Waals surface area contributed by atoms with Crippen molar-refractivity contribution in [3.05, 3.63) is 29.3 Å². The van der Waals surface area contributed by atoms with Crippen molar-refractivity contribution in [2.24, 2.45) is 10.3 Å². The van der Waals surface area contributed by atoms with Gasteiger partial charge in [-0.05, 0) is 18.2 Å². The average Bonchev–Trinajstić information content (AvgIpc) is 2.33. The lowest BCUT2D eigenvalue weighted by Crippen LogP contribution is -2.19. The first-order valence-corrected chi connectivity index (χ1v) is 5.53. The highest BCUT2D eigenvalue weighted by atomic mass is 19.4. The van der Waals surface area contributed by atoms with E-state index in [-0.39, 0.29) is 6.07 Å². The fourth-order valence-electron chi connectivity index (χ4n) is 1.35. The number of carboxylic acid groups (broad SMARTS) is 1. The SMILES string of the molecule is CN(CC(=O)O)N=Nc1cc(C(F)(F)F)cc(C(F)(F)F)c1. The molecule has 0 fully saturated rings. The van der Waals surface area contributed by atoms with Crippen LogP contribution in [0.2, 0.25) is 0 Å². The molecule has 0 atom stereocenters. The Morgan fingerprint density at radius 3 is 1.91 bits per heavy atom. The van der Waals surface area contributed by atoms with Crippen LogP contribution >= 0.6 is 0 Å². The standard InChI is InChI=1S/C11H9F6N3O2/c1-20(5-9(21)22)19-18-8-3-6(10(12,13)14)2-7(4-8)11(15,16)17/h2-4H,5H2,1H3,(H,21,22). The summed E-state index contributed by atoms with van der Waals surface area (Å²) in [4.78, 5) is 10.4. The zero-order chi connectivity index (χ0) is 17.1. The molecule has 11 heteroatoms. The van der Waals surface area contributed by atoms with Gasteiger partial charge in [-0.25, -0.2) is 0 Å². The number of aliphatic carboxylic acids is 1. The molecule has 0 aliphatic carbocycles. The van der Waals surface area contributed by atoms with E-state index in [1.165, 1.54) is 0 Å². The highest BCUT2D eigenvalue weighted by Crippen LogP contribution is 2.38. The molecule has 22 heavy (non-hydrogen) atoms. The predicted molar refractivity (Wildman–Crippen MR) is 61.2 cm³/mol. The number of hydrogen-bond donors (Lipinski definition) is 1. The number of benzene rings is 1. The van der Waals surface area contributed by atoms with Crippen LogP contribution in [0.5, 0.6) is 0 Å². The largest absolute Gasteiger partial charge is 0.480 e. The van der Waals surface area contributed by atoms with Crippen molar-refractivity contribution >= 4 is 11.7 Å². The summed E-state index contributed by atoms with van der Waals surface area (Å²) in [6, 6.07) is 0.723. The second-order valence-corrected chi connectivity index (χ2v) is 4.16. The van der Waals surface area contributed by atoms with Crippen molar-refractivity contribution in [1.29, 1.82) is 0 Å². The van der Waals surface area contributed by atoms with E-state index in [2.05, 4.69) is 10.3 Å². The van der Waals surface area contributed by atoms with Crippen LogP contribution in [-0.4, -0.2) is 29.7 Å². The van der Waals surface area contributed by atoms with Gasteiger partial charge in [0.1, 0.15) is 6.54 Å². The molecule has 1 aromatic carbocycles. The molecule has 0 aliphatic rings. The molecule has 0 heterocycles. The lowest BCUT2D eigenvalue weighted by atomic mass is 10.1. The van der Waals surface area contributed by atoms with Crippen LogP contribution in [0.4, 0.5) is 32.0 Å². The van der Waals surface area contributed by atoms with E-state index in [0.29, 0.717) is 12.1 Å². The number of hydrogen-bond acceptors (Lipinski definition) is 3. The van der Waals surface area contributed by atoms with E-state index in [4.69, 9.17) is 5.11 Å². The van der Waals surface area contributed by atoms with Crippen molar-refractivity contribution in [3.63, 3.8) is 0 Å². The van der Waals surface area contributed by atoms with Gasteiger partial charge in [0.2, 0.25) is 0 Å². The van der Waals surface area contributed by atoms with Gasteiger partial charge in [-0.2, -0.15) is 26.3 Å². The van der Waals surface area contributed by atoms with E-state index in [1.807, 2.05) is 0 Å². The Morgan fingerprint density at radius 2 is 1.55 bits per heavy atom. The van der Waals surface area contributed by atoms with Crippen LogP contribution < -0.4 is 0 Å². The van der Waals surface area contributed by atoms with Gasteiger partial charge in [0, 0.05) is 7.05 Å². The number of nitrogens with zero attached hydrogens (tertiary/aromatic N) is 3. The minimum absolute atomic E-state index is 0.0417. The Labute approximate surface area is 119 Å². The number of alkyl halides is 6. The van der Waals surface area contributed by atoms with Gasteiger partial charge in [-0.3, -0.25) is 9.80 Å². The first-order chi connectivity index (χ1) is 9.89. The minimum atomic E-state index is -4.99. The fraction of sp³-hybridized carbons (Fsp3) is 0.364. The average molecular weight is 329 g/mol. The van der Waals surface area contributed by atoms with Gasteiger partial charge < -0.3 is 5.11 Å². The third-order valence-corrected chi connectivity index (χ3v) is 2.25. The normalized spacial score (nSPS) is 12.7.